The van der Waals surface area contributed by atoms with Gasteiger partial charge < -0.3 is 4.74 Å². The minimum atomic E-state index is 0. The van der Waals surface area contributed by atoms with Crippen LogP contribution in [0, 0.1) is 7.11 Å². The summed E-state index contributed by atoms with van der Waals surface area (Å²) in [4.78, 5) is 10.7. The SMILES string of the molecule is [CH2-]Oc1ncncn1.[W]. The molecule has 4 nitrogen and oxygen atoms in total. The summed E-state index contributed by atoms with van der Waals surface area (Å²) in [7, 11) is 3.10. The number of ether oxygens (including phenoxy) is 1. The summed E-state index contributed by atoms with van der Waals surface area (Å²) in [6.45, 7) is 0. The molecule has 1 rings (SSSR count). The first-order valence-electron chi connectivity index (χ1n) is 1.97. The van der Waals surface area contributed by atoms with Gasteiger partial charge in [-0.05, 0) is 0 Å². The normalized spacial score (nSPS) is 7.67. The average Bonchev–Trinajstić information content (AvgIpc) is 1.90. The second-order valence-electron chi connectivity index (χ2n) is 1.07. The van der Waals surface area contributed by atoms with Gasteiger partial charge in [0.25, 0.3) is 6.01 Å². The van der Waals surface area contributed by atoms with Gasteiger partial charge in [0.05, 0.1) is 0 Å². The topological polar surface area (TPSA) is 47.9 Å². The van der Waals surface area contributed by atoms with E-state index in [1.165, 1.54) is 12.7 Å². The first-order chi connectivity index (χ1) is 3.93. The standard InChI is InChI=1S/C4H4N3O.W/c1-8-4-6-2-5-3-7-4;/h2-3H,1H2;/q-1;. The van der Waals surface area contributed by atoms with Crippen molar-refractivity contribution in [3.05, 3.63) is 19.8 Å². The Morgan fingerprint density at radius 2 is 1.89 bits per heavy atom. The monoisotopic (exact) mass is 294 g/mol. The predicted octanol–water partition coefficient (Wildman–Crippen LogP) is 0.0395. The molecule has 0 aliphatic rings. The molecule has 0 aliphatic heterocycles. The molecule has 0 unspecified atom stereocenters. The van der Waals surface area contributed by atoms with Gasteiger partial charge in [-0.15, -0.1) is 0 Å². The summed E-state index contributed by atoms with van der Waals surface area (Å²) in [5.41, 5.74) is 0. The fourth-order valence-corrected chi connectivity index (χ4v) is 0.303. The Balaban J connectivity index is 0.000000640. The molecule has 0 atom stereocenters. The smallest absolute Gasteiger partial charge is 0.286 e. The van der Waals surface area contributed by atoms with Crippen LogP contribution in [0.3, 0.4) is 0 Å². The molecule has 0 aromatic carbocycles. The minimum absolute atomic E-state index is 0. The Kier molecular flexibility index (Phi) is 4.14. The van der Waals surface area contributed by atoms with Crippen molar-refractivity contribution in [2.45, 2.75) is 0 Å². The summed E-state index contributed by atoms with van der Waals surface area (Å²) in [5.74, 6) is 0. The van der Waals surface area contributed by atoms with Crippen molar-refractivity contribution in [3.8, 4) is 6.01 Å². The van der Waals surface area contributed by atoms with Gasteiger partial charge in [0.1, 0.15) is 12.7 Å². The largest absolute Gasteiger partial charge is 0.638 e. The minimum Gasteiger partial charge on any atom is -0.638 e. The van der Waals surface area contributed by atoms with Crippen LogP contribution in [0.15, 0.2) is 12.7 Å². The van der Waals surface area contributed by atoms with Gasteiger partial charge in [-0.2, -0.15) is 17.1 Å². The summed E-state index contributed by atoms with van der Waals surface area (Å²) in [6, 6.07) is 0.236. The molecule has 9 heavy (non-hydrogen) atoms. The number of aromatic nitrogens is 3. The van der Waals surface area contributed by atoms with E-state index < -0.39 is 0 Å². The number of rotatable bonds is 1. The first kappa shape index (κ1) is 8.50. The fraction of sp³-hybridized carbons (Fsp3) is 0. The van der Waals surface area contributed by atoms with E-state index in [4.69, 9.17) is 0 Å². The Morgan fingerprint density at radius 1 is 1.33 bits per heavy atom. The van der Waals surface area contributed by atoms with Crippen molar-refractivity contribution in [1.29, 1.82) is 0 Å². The molecule has 0 spiro atoms. The van der Waals surface area contributed by atoms with Crippen LogP contribution in [0.1, 0.15) is 0 Å². The van der Waals surface area contributed by atoms with Crippen LogP contribution in [0.4, 0.5) is 0 Å². The maximum atomic E-state index is 4.40. The molecule has 0 N–H and O–H groups in total. The van der Waals surface area contributed by atoms with E-state index in [9.17, 15) is 0 Å². The van der Waals surface area contributed by atoms with Crippen LogP contribution in [0.2, 0.25) is 0 Å². The number of hydrogen-bond donors (Lipinski definition) is 0. The maximum Gasteiger partial charge on any atom is 0.286 e. The molecular formula is C4H4N3OW-. The summed E-state index contributed by atoms with van der Waals surface area (Å²) >= 11 is 0. The third-order valence-electron chi connectivity index (χ3n) is 0.599. The van der Waals surface area contributed by atoms with E-state index in [-0.39, 0.29) is 27.1 Å². The number of nitrogens with zero attached hydrogens (tertiary/aromatic N) is 3. The predicted molar refractivity (Wildman–Crippen MR) is 25.8 cm³/mol. The molecule has 0 bridgehead atoms. The van der Waals surface area contributed by atoms with Crippen LogP contribution in [-0.4, -0.2) is 15.0 Å². The van der Waals surface area contributed by atoms with E-state index in [1.807, 2.05) is 0 Å². The maximum absolute atomic E-state index is 4.40. The van der Waals surface area contributed by atoms with Crippen molar-refractivity contribution < 1.29 is 25.8 Å². The van der Waals surface area contributed by atoms with E-state index in [2.05, 4.69) is 26.8 Å². The van der Waals surface area contributed by atoms with Gasteiger partial charge in [0.15, 0.2) is 0 Å². The van der Waals surface area contributed by atoms with Crippen LogP contribution < -0.4 is 4.74 Å². The Labute approximate surface area is 67.0 Å². The Morgan fingerprint density at radius 3 is 2.22 bits per heavy atom. The molecule has 1 aromatic rings. The third-order valence-corrected chi connectivity index (χ3v) is 0.599. The zero-order valence-corrected chi connectivity index (χ0v) is 7.45. The summed E-state index contributed by atoms with van der Waals surface area (Å²) < 4.78 is 4.40. The van der Waals surface area contributed by atoms with Gasteiger partial charge in [-0.1, -0.05) is 0 Å². The molecule has 5 heteroatoms. The van der Waals surface area contributed by atoms with Crippen molar-refractivity contribution >= 4 is 0 Å². The van der Waals surface area contributed by atoms with Crippen LogP contribution in [0.5, 0.6) is 6.01 Å². The summed E-state index contributed by atoms with van der Waals surface area (Å²) in [5, 5.41) is 0. The molecule has 0 saturated heterocycles. The molecular weight excluding hydrogens is 290 g/mol. The van der Waals surface area contributed by atoms with Crippen molar-refractivity contribution in [2.75, 3.05) is 0 Å². The van der Waals surface area contributed by atoms with Crippen molar-refractivity contribution in [2.24, 2.45) is 0 Å². The first-order valence-corrected chi connectivity index (χ1v) is 1.97. The summed E-state index contributed by atoms with van der Waals surface area (Å²) in [6.07, 6.45) is 2.68. The zero-order valence-electron chi connectivity index (χ0n) is 4.52. The van der Waals surface area contributed by atoms with E-state index in [1.54, 1.807) is 0 Å². The van der Waals surface area contributed by atoms with Gasteiger partial charge in [-0.25, -0.2) is 4.98 Å². The molecule has 1 heterocycles. The van der Waals surface area contributed by atoms with Gasteiger partial charge >= 0.3 is 0 Å². The average molecular weight is 294 g/mol. The number of hydrogen-bond acceptors (Lipinski definition) is 4. The quantitative estimate of drug-likeness (QED) is 0.686. The Bertz CT molecular complexity index is 157. The molecule has 0 saturated carbocycles. The molecule has 0 fully saturated rings. The second-order valence-corrected chi connectivity index (χ2v) is 1.07. The molecule has 1 aromatic heterocycles. The third kappa shape index (κ3) is 2.51. The molecule has 48 valence electrons. The second kappa shape index (κ2) is 4.38. The van der Waals surface area contributed by atoms with Gasteiger partial charge in [-0.3, -0.25) is 0 Å². The van der Waals surface area contributed by atoms with E-state index >= 15 is 0 Å². The van der Waals surface area contributed by atoms with Crippen LogP contribution in [-0.2, 0) is 21.1 Å². The van der Waals surface area contributed by atoms with Crippen molar-refractivity contribution in [1.82, 2.24) is 15.0 Å². The van der Waals surface area contributed by atoms with Gasteiger partial charge in [0, 0.05) is 21.1 Å². The van der Waals surface area contributed by atoms with Crippen LogP contribution in [0.25, 0.3) is 0 Å². The zero-order chi connectivity index (χ0) is 5.82. The molecule has 0 amide bonds. The van der Waals surface area contributed by atoms with Gasteiger partial charge in [0.2, 0.25) is 0 Å². The Hall–Kier alpha value is -0.502. The molecule has 0 radical (unpaired) electrons. The van der Waals surface area contributed by atoms with Crippen molar-refractivity contribution in [3.63, 3.8) is 0 Å². The fourth-order valence-electron chi connectivity index (χ4n) is 0.303. The van der Waals surface area contributed by atoms with E-state index in [0.717, 1.165) is 0 Å². The molecule has 0 aliphatic carbocycles. The van der Waals surface area contributed by atoms with Crippen LogP contribution >= 0.6 is 0 Å². The van der Waals surface area contributed by atoms with E-state index in [0.29, 0.717) is 0 Å².